The van der Waals surface area contributed by atoms with E-state index in [-0.39, 0.29) is 0 Å². The van der Waals surface area contributed by atoms with Crippen LogP contribution in [0, 0.1) is 0 Å². The summed E-state index contributed by atoms with van der Waals surface area (Å²) in [6.45, 7) is 8.93. The van der Waals surface area contributed by atoms with Crippen LogP contribution in [0.15, 0.2) is 4.99 Å². The molecule has 110 valence electrons. The van der Waals surface area contributed by atoms with E-state index in [1.54, 1.807) is 0 Å². The number of guanidine groups is 1. The number of ether oxygens (including phenoxy) is 1. The summed E-state index contributed by atoms with van der Waals surface area (Å²) in [5.41, 5.74) is 6.02. The number of nitrogens with zero attached hydrogens (tertiary/aromatic N) is 3. The van der Waals surface area contributed by atoms with Gasteiger partial charge in [-0.25, -0.2) is 0 Å². The molecule has 1 atom stereocenters. The van der Waals surface area contributed by atoms with Gasteiger partial charge in [0.1, 0.15) is 0 Å². The minimum absolute atomic E-state index is 0.626. The van der Waals surface area contributed by atoms with Crippen molar-refractivity contribution in [3.8, 4) is 0 Å². The lowest BCUT2D eigenvalue weighted by molar-refractivity contribution is 0.0674. The maximum atomic E-state index is 6.02. The van der Waals surface area contributed by atoms with Gasteiger partial charge in [0.15, 0.2) is 5.96 Å². The number of likely N-dealkylation sites (tertiary alicyclic amines) is 1. The Balaban J connectivity index is 1.68. The molecule has 2 fully saturated rings. The van der Waals surface area contributed by atoms with Gasteiger partial charge in [0.25, 0.3) is 0 Å². The summed E-state index contributed by atoms with van der Waals surface area (Å²) in [4.78, 5) is 9.23. The molecule has 2 N–H and O–H groups in total. The van der Waals surface area contributed by atoms with Crippen LogP contribution in [-0.4, -0.2) is 67.7 Å². The summed E-state index contributed by atoms with van der Waals surface area (Å²) in [5.74, 6) is 0.689. The third-order valence-electron chi connectivity index (χ3n) is 4.17. The minimum Gasteiger partial charge on any atom is -0.378 e. The molecule has 5 nitrogen and oxygen atoms in total. The van der Waals surface area contributed by atoms with E-state index in [2.05, 4.69) is 21.7 Å². The molecular weight excluding hydrogens is 240 g/mol. The van der Waals surface area contributed by atoms with Gasteiger partial charge in [0, 0.05) is 25.7 Å². The Hall–Kier alpha value is -0.810. The number of rotatable bonds is 4. The van der Waals surface area contributed by atoms with Crippen LogP contribution >= 0.6 is 0 Å². The molecule has 0 aromatic rings. The Morgan fingerprint density at radius 2 is 1.84 bits per heavy atom. The quantitative estimate of drug-likeness (QED) is 0.608. The fourth-order valence-corrected chi connectivity index (χ4v) is 2.80. The smallest absolute Gasteiger partial charge is 0.191 e. The zero-order valence-corrected chi connectivity index (χ0v) is 12.2. The fraction of sp³-hybridized carbons (Fsp3) is 0.929. The van der Waals surface area contributed by atoms with Crippen molar-refractivity contribution in [3.63, 3.8) is 0 Å². The van der Waals surface area contributed by atoms with E-state index in [1.165, 1.54) is 32.4 Å². The first kappa shape index (κ1) is 14.6. The summed E-state index contributed by atoms with van der Waals surface area (Å²) in [6.07, 6.45) is 5.20. The highest BCUT2D eigenvalue weighted by Gasteiger charge is 2.16. The maximum absolute atomic E-state index is 6.02. The highest BCUT2D eigenvalue weighted by molar-refractivity contribution is 5.78. The van der Waals surface area contributed by atoms with Crippen LogP contribution in [0.3, 0.4) is 0 Å². The van der Waals surface area contributed by atoms with Crippen molar-refractivity contribution in [2.75, 3.05) is 45.9 Å². The Kier molecular flexibility index (Phi) is 5.92. The SMILES string of the molecule is CC(CCN=C(N)N1CCOCC1)N1CCCCC1. The average Bonchev–Trinajstić information content (AvgIpc) is 2.49. The average molecular weight is 268 g/mol. The fourth-order valence-electron chi connectivity index (χ4n) is 2.80. The minimum atomic E-state index is 0.626. The molecule has 1 unspecified atom stereocenters. The molecule has 0 saturated carbocycles. The molecule has 2 heterocycles. The second-order valence-electron chi connectivity index (χ2n) is 5.57. The van der Waals surface area contributed by atoms with E-state index < -0.39 is 0 Å². The lowest BCUT2D eigenvalue weighted by Crippen LogP contribution is -2.45. The molecule has 0 aromatic carbocycles. The number of nitrogens with two attached hydrogens (primary N) is 1. The number of morpholine rings is 1. The lowest BCUT2D eigenvalue weighted by atomic mass is 10.1. The monoisotopic (exact) mass is 268 g/mol. The van der Waals surface area contributed by atoms with Crippen LogP contribution in [0.2, 0.25) is 0 Å². The number of hydrogen-bond donors (Lipinski definition) is 1. The number of hydrogen-bond acceptors (Lipinski definition) is 3. The molecule has 0 radical (unpaired) electrons. The second-order valence-corrected chi connectivity index (χ2v) is 5.57. The van der Waals surface area contributed by atoms with Crippen molar-refractivity contribution in [2.24, 2.45) is 10.7 Å². The molecule has 0 spiro atoms. The van der Waals surface area contributed by atoms with Crippen LogP contribution in [0.25, 0.3) is 0 Å². The topological polar surface area (TPSA) is 54.1 Å². The summed E-state index contributed by atoms with van der Waals surface area (Å²) >= 11 is 0. The van der Waals surface area contributed by atoms with Crippen molar-refractivity contribution in [1.82, 2.24) is 9.80 Å². The Morgan fingerprint density at radius 3 is 2.53 bits per heavy atom. The summed E-state index contributed by atoms with van der Waals surface area (Å²) < 4.78 is 5.31. The van der Waals surface area contributed by atoms with E-state index in [0.717, 1.165) is 39.3 Å². The van der Waals surface area contributed by atoms with Gasteiger partial charge < -0.3 is 20.3 Å². The molecule has 2 aliphatic rings. The van der Waals surface area contributed by atoms with Gasteiger partial charge in [-0.1, -0.05) is 6.42 Å². The highest BCUT2D eigenvalue weighted by atomic mass is 16.5. The third kappa shape index (κ3) is 4.66. The van der Waals surface area contributed by atoms with E-state index in [1.807, 2.05) is 0 Å². The zero-order valence-electron chi connectivity index (χ0n) is 12.2. The molecule has 0 bridgehead atoms. The first-order valence-electron chi connectivity index (χ1n) is 7.64. The molecule has 0 aliphatic carbocycles. The Morgan fingerprint density at radius 1 is 1.16 bits per heavy atom. The lowest BCUT2D eigenvalue weighted by Gasteiger charge is -2.32. The maximum Gasteiger partial charge on any atom is 0.191 e. The number of piperidine rings is 1. The first-order valence-corrected chi connectivity index (χ1v) is 7.64. The van der Waals surface area contributed by atoms with Crippen LogP contribution in [-0.2, 0) is 4.74 Å². The standard InChI is InChI=1S/C14H28N4O/c1-13(17-7-3-2-4-8-17)5-6-16-14(15)18-9-11-19-12-10-18/h13H,2-12H2,1H3,(H2,15,16). The molecule has 19 heavy (non-hydrogen) atoms. The van der Waals surface area contributed by atoms with Gasteiger partial charge in [-0.2, -0.15) is 0 Å². The summed E-state index contributed by atoms with van der Waals surface area (Å²) in [5, 5.41) is 0. The van der Waals surface area contributed by atoms with E-state index in [9.17, 15) is 0 Å². The van der Waals surface area contributed by atoms with E-state index in [0.29, 0.717) is 12.0 Å². The van der Waals surface area contributed by atoms with Gasteiger partial charge in [0.05, 0.1) is 13.2 Å². The van der Waals surface area contributed by atoms with E-state index in [4.69, 9.17) is 10.5 Å². The summed E-state index contributed by atoms with van der Waals surface area (Å²) in [6, 6.07) is 0.626. The van der Waals surface area contributed by atoms with Crippen LogP contribution in [0.5, 0.6) is 0 Å². The number of aliphatic imine (C=N–C) groups is 1. The van der Waals surface area contributed by atoms with Crippen molar-refractivity contribution < 1.29 is 4.74 Å². The van der Waals surface area contributed by atoms with Gasteiger partial charge in [-0.3, -0.25) is 4.99 Å². The molecule has 0 amide bonds. The zero-order chi connectivity index (χ0) is 13.5. The largest absolute Gasteiger partial charge is 0.378 e. The van der Waals surface area contributed by atoms with Gasteiger partial charge in [0.2, 0.25) is 0 Å². The Labute approximate surface area is 116 Å². The second kappa shape index (κ2) is 7.70. The normalized spacial score (nSPS) is 24.5. The van der Waals surface area contributed by atoms with Crippen LogP contribution in [0.4, 0.5) is 0 Å². The predicted molar refractivity (Wildman–Crippen MR) is 78.4 cm³/mol. The van der Waals surface area contributed by atoms with Crippen LogP contribution < -0.4 is 5.73 Å². The molecule has 0 aromatic heterocycles. The molecular formula is C14H28N4O. The summed E-state index contributed by atoms with van der Waals surface area (Å²) in [7, 11) is 0. The van der Waals surface area contributed by atoms with Gasteiger partial charge in [-0.15, -0.1) is 0 Å². The first-order chi connectivity index (χ1) is 9.27. The van der Waals surface area contributed by atoms with Gasteiger partial charge in [-0.05, 0) is 39.3 Å². The van der Waals surface area contributed by atoms with Crippen molar-refractivity contribution in [1.29, 1.82) is 0 Å². The van der Waals surface area contributed by atoms with Crippen molar-refractivity contribution in [3.05, 3.63) is 0 Å². The Bertz CT molecular complexity index is 283. The van der Waals surface area contributed by atoms with Gasteiger partial charge >= 0.3 is 0 Å². The predicted octanol–water partition coefficient (Wildman–Crippen LogP) is 0.898. The molecule has 2 rings (SSSR count). The van der Waals surface area contributed by atoms with Crippen molar-refractivity contribution >= 4 is 5.96 Å². The van der Waals surface area contributed by atoms with Crippen LogP contribution in [0.1, 0.15) is 32.6 Å². The molecule has 2 aliphatic heterocycles. The molecule has 2 saturated heterocycles. The van der Waals surface area contributed by atoms with Crippen molar-refractivity contribution in [2.45, 2.75) is 38.6 Å². The third-order valence-corrected chi connectivity index (χ3v) is 4.17. The molecule has 5 heteroatoms. The highest BCUT2D eigenvalue weighted by Crippen LogP contribution is 2.13. The van der Waals surface area contributed by atoms with E-state index >= 15 is 0 Å².